The molecule has 0 spiro atoms. The van der Waals surface area contributed by atoms with Gasteiger partial charge in [-0.2, -0.15) is 0 Å². The van der Waals surface area contributed by atoms with Gasteiger partial charge in [-0.1, -0.05) is 37.8 Å². The van der Waals surface area contributed by atoms with E-state index >= 15 is 0 Å². The number of hydrogen-bond acceptors (Lipinski definition) is 4. The van der Waals surface area contributed by atoms with Gasteiger partial charge in [0, 0.05) is 30.4 Å². The fraction of sp³-hybridized carbons (Fsp3) is 0.375. The van der Waals surface area contributed by atoms with Gasteiger partial charge in [0.05, 0.1) is 5.69 Å². The fourth-order valence-corrected chi connectivity index (χ4v) is 4.06. The van der Waals surface area contributed by atoms with Crippen LogP contribution in [0.3, 0.4) is 0 Å². The molecule has 1 amide bonds. The van der Waals surface area contributed by atoms with Crippen LogP contribution in [0, 0.1) is 12.8 Å². The number of carbonyl (C=O) groups is 1. The molecule has 1 fully saturated rings. The van der Waals surface area contributed by atoms with E-state index in [2.05, 4.69) is 10.3 Å². The van der Waals surface area contributed by atoms with Gasteiger partial charge in [-0.15, -0.1) is 0 Å². The molecule has 6 nitrogen and oxygen atoms in total. The maximum absolute atomic E-state index is 12.3. The first-order valence-corrected chi connectivity index (χ1v) is 10.6. The van der Waals surface area contributed by atoms with E-state index in [-0.39, 0.29) is 18.1 Å². The SMILES string of the molecule is Cc1cccn2c(=O)cc(COc3cccc(NC(=O)CCC4CCCC4)c3)nc12. The van der Waals surface area contributed by atoms with E-state index in [0.717, 1.165) is 12.0 Å². The van der Waals surface area contributed by atoms with Crippen molar-refractivity contribution in [3.8, 4) is 5.75 Å². The monoisotopic (exact) mass is 405 g/mol. The molecule has 1 aliphatic carbocycles. The number of ether oxygens (including phenoxy) is 1. The predicted octanol–water partition coefficient (Wildman–Crippen LogP) is 4.49. The number of aryl methyl sites for hydroxylation is 1. The minimum atomic E-state index is -0.134. The summed E-state index contributed by atoms with van der Waals surface area (Å²) in [5.74, 6) is 1.36. The first kappa shape index (κ1) is 20.1. The lowest BCUT2D eigenvalue weighted by molar-refractivity contribution is -0.116. The molecule has 6 heteroatoms. The summed E-state index contributed by atoms with van der Waals surface area (Å²) in [6.07, 6.45) is 8.32. The lowest BCUT2D eigenvalue weighted by Gasteiger charge is -2.11. The van der Waals surface area contributed by atoms with Crippen molar-refractivity contribution >= 4 is 17.2 Å². The summed E-state index contributed by atoms with van der Waals surface area (Å²) in [5.41, 5.74) is 2.71. The standard InChI is InChI=1S/C24H27N3O3/c1-17-6-5-13-27-23(29)15-20(26-24(17)27)16-30-21-10-4-9-19(14-21)25-22(28)12-11-18-7-2-3-8-18/h4-6,9-10,13-15,18H,2-3,7-8,11-12,16H2,1H3,(H,25,28). The minimum Gasteiger partial charge on any atom is -0.487 e. The number of aromatic nitrogens is 2. The van der Waals surface area contributed by atoms with Crippen LogP contribution in [-0.2, 0) is 11.4 Å². The van der Waals surface area contributed by atoms with Gasteiger partial charge in [0.2, 0.25) is 5.91 Å². The van der Waals surface area contributed by atoms with Gasteiger partial charge in [0.15, 0.2) is 0 Å². The molecule has 1 aliphatic rings. The lowest BCUT2D eigenvalue weighted by Crippen LogP contribution is -2.17. The molecule has 30 heavy (non-hydrogen) atoms. The normalized spacial score (nSPS) is 14.2. The summed E-state index contributed by atoms with van der Waals surface area (Å²) < 4.78 is 7.37. The number of nitrogens with zero attached hydrogens (tertiary/aromatic N) is 2. The van der Waals surface area contributed by atoms with Gasteiger partial charge in [0.1, 0.15) is 18.0 Å². The average molecular weight is 405 g/mol. The van der Waals surface area contributed by atoms with Crippen molar-refractivity contribution in [2.75, 3.05) is 5.32 Å². The second-order valence-electron chi connectivity index (χ2n) is 8.02. The number of carbonyl (C=O) groups excluding carboxylic acids is 1. The Morgan fingerprint density at radius 3 is 2.87 bits per heavy atom. The number of rotatable bonds is 7. The van der Waals surface area contributed by atoms with Crippen LogP contribution in [-0.4, -0.2) is 15.3 Å². The van der Waals surface area contributed by atoms with E-state index in [4.69, 9.17) is 4.74 Å². The van der Waals surface area contributed by atoms with Crippen LogP contribution in [0.15, 0.2) is 53.5 Å². The summed E-state index contributed by atoms with van der Waals surface area (Å²) in [5, 5.41) is 2.96. The van der Waals surface area contributed by atoms with E-state index in [1.165, 1.54) is 36.2 Å². The summed E-state index contributed by atoms with van der Waals surface area (Å²) in [4.78, 5) is 29.1. The number of amides is 1. The van der Waals surface area contributed by atoms with Crippen molar-refractivity contribution in [1.29, 1.82) is 0 Å². The maximum atomic E-state index is 12.3. The van der Waals surface area contributed by atoms with Crippen molar-refractivity contribution in [2.45, 2.75) is 52.1 Å². The summed E-state index contributed by atoms with van der Waals surface area (Å²) in [6.45, 7) is 2.10. The van der Waals surface area contributed by atoms with Gasteiger partial charge in [-0.05, 0) is 43.0 Å². The average Bonchev–Trinajstić information content (AvgIpc) is 3.26. The van der Waals surface area contributed by atoms with E-state index in [0.29, 0.717) is 35.1 Å². The highest BCUT2D eigenvalue weighted by Gasteiger charge is 2.16. The Morgan fingerprint density at radius 1 is 1.20 bits per heavy atom. The number of nitrogens with one attached hydrogen (secondary N) is 1. The molecule has 0 radical (unpaired) electrons. The van der Waals surface area contributed by atoms with Crippen LogP contribution in [0.25, 0.3) is 5.65 Å². The number of pyridine rings is 1. The molecule has 1 aromatic carbocycles. The largest absolute Gasteiger partial charge is 0.487 e. The third-order valence-corrected chi connectivity index (χ3v) is 5.70. The molecule has 4 rings (SSSR count). The minimum absolute atomic E-state index is 0.0405. The molecular formula is C24H27N3O3. The predicted molar refractivity (Wildman–Crippen MR) is 117 cm³/mol. The van der Waals surface area contributed by atoms with E-state index < -0.39 is 0 Å². The van der Waals surface area contributed by atoms with Crippen LogP contribution < -0.4 is 15.6 Å². The number of anilines is 1. The van der Waals surface area contributed by atoms with Crippen LogP contribution in [0.2, 0.25) is 0 Å². The molecule has 2 aromatic heterocycles. The van der Waals surface area contributed by atoms with E-state index in [9.17, 15) is 9.59 Å². The van der Waals surface area contributed by atoms with E-state index in [1.54, 1.807) is 12.3 Å². The highest BCUT2D eigenvalue weighted by Crippen LogP contribution is 2.28. The maximum Gasteiger partial charge on any atom is 0.258 e. The zero-order valence-electron chi connectivity index (χ0n) is 17.3. The van der Waals surface area contributed by atoms with Crippen LogP contribution in [0.5, 0.6) is 5.75 Å². The van der Waals surface area contributed by atoms with Crippen molar-refractivity contribution in [1.82, 2.24) is 9.38 Å². The van der Waals surface area contributed by atoms with Crippen molar-refractivity contribution in [3.05, 3.63) is 70.3 Å². The summed E-state index contributed by atoms with van der Waals surface area (Å²) in [6, 6.07) is 12.6. The molecule has 0 bridgehead atoms. The van der Waals surface area contributed by atoms with Gasteiger partial charge >= 0.3 is 0 Å². The Balaban J connectivity index is 1.37. The smallest absolute Gasteiger partial charge is 0.258 e. The molecule has 0 atom stereocenters. The second-order valence-corrected chi connectivity index (χ2v) is 8.02. The number of fused-ring (bicyclic) bond motifs is 1. The third-order valence-electron chi connectivity index (χ3n) is 5.70. The van der Waals surface area contributed by atoms with Crippen molar-refractivity contribution in [2.24, 2.45) is 5.92 Å². The zero-order valence-corrected chi connectivity index (χ0v) is 17.3. The van der Waals surface area contributed by atoms with Crippen molar-refractivity contribution in [3.63, 3.8) is 0 Å². The highest BCUT2D eigenvalue weighted by molar-refractivity contribution is 5.90. The summed E-state index contributed by atoms with van der Waals surface area (Å²) >= 11 is 0. The summed E-state index contributed by atoms with van der Waals surface area (Å²) in [7, 11) is 0. The van der Waals surface area contributed by atoms with Crippen molar-refractivity contribution < 1.29 is 9.53 Å². The molecule has 0 saturated heterocycles. The molecule has 0 unspecified atom stereocenters. The third kappa shape index (κ3) is 4.87. The van der Waals surface area contributed by atoms with Crippen LogP contribution in [0.1, 0.15) is 49.8 Å². The van der Waals surface area contributed by atoms with Gasteiger partial charge in [-0.25, -0.2) is 4.98 Å². The first-order chi connectivity index (χ1) is 14.6. The molecule has 1 saturated carbocycles. The Kier molecular flexibility index (Phi) is 6.12. The highest BCUT2D eigenvalue weighted by atomic mass is 16.5. The molecule has 3 aromatic rings. The Morgan fingerprint density at radius 2 is 2.03 bits per heavy atom. The first-order valence-electron chi connectivity index (χ1n) is 10.6. The second kappa shape index (κ2) is 9.11. The molecule has 2 heterocycles. The van der Waals surface area contributed by atoms with Crippen LogP contribution >= 0.6 is 0 Å². The Bertz CT molecular complexity index is 1100. The van der Waals surface area contributed by atoms with Gasteiger partial charge in [0.25, 0.3) is 5.56 Å². The molecule has 1 N–H and O–H groups in total. The number of benzene rings is 1. The fourth-order valence-electron chi connectivity index (χ4n) is 4.06. The van der Waals surface area contributed by atoms with Gasteiger partial charge < -0.3 is 10.1 Å². The Labute approximate surface area is 175 Å². The molecule has 0 aliphatic heterocycles. The van der Waals surface area contributed by atoms with E-state index in [1.807, 2.05) is 37.3 Å². The quantitative estimate of drug-likeness (QED) is 0.629. The lowest BCUT2D eigenvalue weighted by atomic mass is 10.0. The number of hydrogen-bond donors (Lipinski definition) is 1. The zero-order chi connectivity index (χ0) is 20.9. The topological polar surface area (TPSA) is 72.7 Å². The molecular weight excluding hydrogens is 378 g/mol. The van der Waals surface area contributed by atoms with Gasteiger partial charge in [-0.3, -0.25) is 14.0 Å². The van der Waals surface area contributed by atoms with Crippen LogP contribution in [0.4, 0.5) is 5.69 Å². The Hall–Kier alpha value is -3.15. The molecule has 156 valence electrons.